The summed E-state index contributed by atoms with van der Waals surface area (Å²) in [6.45, 7) is 3.42. The van der Waals surface area contributed by atoms with E-state index in [-0.39, 0.29) is 22.2 Å². The lowest BCUT2D eigenvalue weighted by Crippen LogP contribution is -2.44. The number of amides is 2. The summed E-state index contributed by atoms with van der Waals surface area (Å²) in [6.07, 6.45) is 0. The van der Waals surface area contributed by atoms with Gasteiger partial charge in [0, 0.05) is 42.8 Å². The molecule has 2 N–H and O–H groups in total. The number of rotatable bonds is 7. The highest BCUT2D eigenvalue weighted by Crippen LogP contribution is 2.30. The minimum absolute atomic E-state index is 0.0755. The summed E-state index contributed by atoms with van der Waals surface area (Å²) in [6, 6.07) is 28.9. The van der Waals surface area contributed by atoms with E-state index in [1.165, 1.54) is 12.1 Å². The number of carbonyl (C=O) groups is 2. The Morgan fingerprint density at radius 3 is 2.12 bits per heavy atom. The number of likely N-dealkylation sites (N-methyl/N-ethyl adjacent to an activating group) is 1. The summed E-state index contributed by atoms with van der Waals surface area (Å²) in [5, 5.41) is 10.5. The number of aromatic nitrogens is 2. The fraction of sp³-hybridized carbons (Fsp3) is 0.156. The van der Waals surface area contributed by atoms with Crippen molar-refractivity contribution in [1.29, 1.82) is 0 Å². The summed E-state index contributed by atoms with van der Waals surface area (Å²) in [5.41, 5.74) is 2.21. The first kappa shape index (κ1) is 28.1. The first-order valence-electron chi connectivity index (χ1n) is 13.8. The fourth-order valence-electron chi connectivity index (χ4n) is 5.06. The molecule has 11 heteroatoms. The van der Waals surface area contributed by atoms with E-state index in [9.17, 15) is 18.0 Å². The molecule has 4 aromatic carbocycles. The van der Waals surface area contributed by atoms with Gasteiger partial charge in [-0.1, -0.05) is 48.5 Å². The third-order valence-electron chi connectivity index (χ3n) is 7.46. The predicted octanol–water partition coefficient (Wildman–Crippen LogP) is 4.53. The van der Waals surface area contributed by atoms with Crippen molar-refractivity contribution >= 4 is 49.9 Å². The quantitative estimate of drug-likeness (QED) is 0.284. The normalized spacial score (nSPS) is 14.0. The smallest absolute Gasteiger partial charge is 0.283 e. The maximum atomic E-state index is 13.8. The molecule has 0 saturated carbocycles. The van der Waals surface area contributed by atoms with Crippen molar-refractivity contribution in [1.82, 2.24) is 14.1 Å². The molecule has 2 amide bonds. The zero-order valence-electron chi connectivity index (χ0n) is 23.5. The van der Waals surface area contributed by atoms with Crippen molar-refractivity contribution < 1.29 is 18.0 Å². The Morgan fingerprint density at radius 2 is 1.40 bits per heavy atom. The average molecular weight is 595 g/mol. The molecule has 10 nitrogen and oxygen atoms in total. The van der Waals surface area contributed by atoms with Crippen LogP contribution in [-0.4, -0.2) is 67.5 Å². The van der Waals surface area contributed by atoms with Crippen LogP contribution in [0.4, 0.5) is 17.2 Å². The average Bonchev–Trinajstić information content (AvgIpc) is 3.41. The van der Waals surface area contributed by atoms with Crippen molar-refractivity contribution in [3.05, 3.63) is 114 Å². The number of hydrogen-bond donors (Lipinski definition) is 2. The highest BCUT2D eigenvalue weighted by molar-refractivity contribution is 7.90. The molecule has 0 aliphatic carbocycles. The number of para-hydroxylation sites is 1. The van der Waals surface area contributed by atoms with Crippen LogP contribution in [0, 0.1) is 0 Å². The number of anilines is 3. The molecule has 0 unspecified atom stereocenters. The van der Waals surface area contributed by atoms with E-state index in [2.05, 4.69) is 32.6 Å². The molecule has 1 aromatic heterocycles. The van der Waals surface area contributed by atoms with Crippen molar-refractivity contribution in [2.45, 2.75) is 4.90 Å². The Labute approximate surface area is 249 Å². The van der Waals surface area contributed by atoms with Crippen LogP contribution in [0.15, 0.2) is 108 Å². The fourth-order valence-corrected chi connectivity index (χ4v) is 6.37. The van der Waals surface area contributed by atoms with Gasteiger partial charge in [-0.3, -0.25) is 9.59 Å². The second kappa shape index (κ2) is 11.7. The Bertz CT molecular complexity index is 1900. The van der Waals surface area contributed by atoms with Gasteiger partial charge < -0.3 is 20.4 Å². The van der Waals surface area contributed by atoms with Crippen LogP contribution in [0.5, 0.6) is 0 Å². The lowest BCUT2D eigenvalue weighted by Gasteiger charge is -2.34. The summed E-state index contributed by atoms with van der Waals surface area (Å²) in [5.74, 6) is -0.807. The molecule has 1 saturated heterocycles. The Balaban J connectivity index is 1.36. The van der Waals surface area contributed by atoms with Gasteiger partial charge in [0.25, 0.3) is 21.8 Å². The summed E-state index contributed by atoms with van der Waals surface area (Å²) in [4.78, 5) is 31.5. The number of nitrogens with one attached hydrogen (secondary N) is 2. The summed E-state index contributed by atoms with van der Waals surface area (Å²) >= 11 is 0. The minimum Gasteiger partial charge on any atom is -0.369 e. The van der Waals surface area contributed by atoms with Gasteiger partial charge in [0.2, 0.25) is 0 Å². The molecule has 0 bridgehead atoms. The number of hydrogen-bond acceptors (Lipinski definition) is 7. The van der Waals surface area contributed by atoms with Crippen molar-refractivity contribution in [3.8, 4) is 0 Å². The highest BCUT2D eigenvalue weighted by atomic mass is 32.2. The molecule has 0 spiro atoms. The van der Waals surface area contributed by atoms with E-state index >= 15 is 0 Å². The molecule has 43 heavy (non-hydrogen) atoms. The molecular weight excluding hydrogens is 564 g/mol. The van der Waals surface area contributed by atoms with Gasteiger partial charge in [-0.25, -0.2) is 0 Å². The molecule has 5 aromatic rings. The van der Waals surface area contributed by atoms with Crippen LogP contribution >= 0.6 is 0 Å². The first-order chi connectivity index (χ1) is 20.8. The van der Waals surface area contributed by atoms with Gasteiger partial charge in [-0.05, 0) is 61.6 Å². The van der Waals surface area contributed by atoms with Crippen LogP contribution in [0.25, 0.3) is 10.9 Å². The molecule has 1 fully saturated rings. The summed E-state index contributed by atoms with van der Waals surface area (Å²) < 4.78 is 27.9. The molecule has 1 aliphatic rings. The van der Waals surface area contributed by atoms with Crippen LogP contribution in [0.1, 0.15) is 20.7 Å². The monoisotopic (exact) mass is 594 g/mol. The number of piperazine rings is 1. The standard InChI is InChI=1S/C32H30N6O4S/c1-36-18-20-37(21-19-36)24-16-17-26(28(22-24)33-31(39)23-10-4-2-5-11-23)32(40)34-30-27-14-8-9-15-29(27)38(35-30)43(41,42)25-12-6-3-7-13-25/h2-17,22H,18-21H2,1H3,(H,33,39)(H,34,35,40). The van der Waals surface area contributed by atoms with Gasteiger partial charge in [-0.2, -0.15) is 12.5 Å². The topological polar surface area (TPSA) is 117 Å². The molecule has 1 aliphatic heterocycles. The number of fused-ring (bicyclic) bond motifs is 1. The molecule has 2 heterocycles. The molecule has 0 atom stereocenters. The second-order valence-corrected chi connectivity index (χ2v) is 12.1. The van der Waals surface area contributed by atoms with Gasteiger partial charge in [0.15, 0.2) is 5.82 Å². The maximum absolute atomic E-state index is 13.8. The third kappa shape index (κ3) is 5.72. The van der Waals surface area contributed by atoms with Gasteiger partial charge in [-0.15, -0.1) is 5.10 Å². The third-order valence-corrected chi connectivity index (χ3v) is 9.06. The van der Waals surface area contributed by atoms with Crippen molar-refractivity contribution in [2.24, 2.45) is 0 Å². The van der Waals surface area contributed by atoms with E-state index in [1.807, 2.05) is 12.1 Å². The first-order valence-corrected chi connectivity index (χ1v) is 15.3. The molecule has 6 rings (SSSR count). The van der Waals surface area contributed by atoms with E-state index in [0.29, 0.717) is 22.2 Å². The summed E-state index contributed by atoms with van der Waals surface area (Å²) in [7, 11) is -1.96. The maximum Gasteiger partial charge on any atom is 0.283 e. The van der Waals surface area contributed by atoms with Crippen molar-refractivity contribution in [3.63, 3.8) is 0 Å². The number of nitrogens with zero attached hydrogens (tertiary/aromatic N) is 4. The molecule has 0 radical (unpaired) electrons. The Kier molecular flexibility index (Phi) is 7.66. The van der Waals surface area contributed by atoms with Gasteiger partial charge in [0.1, 0.15) is 0 Å². The largest absolute Gasteiger partial charge is 0.369 e. The zero-order chi connectivity index (χ0) is 30.0. The molecular formula is C32H30N6O4S. The Morgan fingerprint density at radius 1 is 0.744 bits per heavy atom. The number of carbonyl (C=O) groups excluding carboxylic acids is 2. The lowest BCUT2D eigenvalue weighted by molar-refractivity contribution is 0.102. The minimum atomic E-state index is -4.03. The van der Waals surface area contributed by atoms with Crippen molar-refractivity contribution in [2.75, 3.05) is 48.8 Å². The van der Waals surface area contributed by atoms with E-state index in [0.717, 1.165) is 36.0 Å². The highest BCUT2D eigenvalue weighted by Gasteiger charge is 2.25. The lowest BCUT2D eigenvalue weighted by atomic mass is 10.1. The predicted molar refractivity (Wildman–Crippen MR) is 167 cm³/mol. The van der Waals surface area contributed by atoms with Gasteiger partial charge in [0.05, 0.1) is 21.7 Å². The van der Waals surface area contributed by atoms with E-state index < -0.39 is 15.9 Å². The van der Waals surface area contributed by atoms with Crippen LogP contribution in [0.3, 0.4) is 0 Å². The van der Waals surface area contributed by atoms with Crippen LogP contribution in [-0.2, 0) is 10.0 Å². The van der Waals surface area contributed by atoms with E-state index in [4.69, 9.17) is 0 Å². The van der Waals surface area contributed by atoms with Crippen LogP contribution in [0.2, 0.25) is 0 Å². The zero-order valence-corrected chi connectivity index (χ0v) is 24.3. The van der Waals surface area contributed by atoms with Crippen LogP contribution < -0.4 is 15.5 Å². The SMILES string of the molecule is CN1CCN(c2ccc(C(=O)Nc3nn(S(=O)(=O)c4ccccc4)c4ccccc34)c(NC(=O)c3ccccc3)c2)CC1. The molecule has 218 valence electrons. The second-order valence-electron chi connectivity index (χ2n) is 10.3. The number of benzene rings is 4. The van der Waals surface area contributed by atoms with E-state index in [1.54, 1.807) is 78.9 Å². The Hall–Kier alpha value is -5.00. The van der Waals surface area contributed by atoms with Gasteiger partial charge >= 0.3 is 0 Å².